The molecule has 0 aliphatic carbocycles. The van der Waals surface area contributed by atoms with E-state index in [1.807, 2.05) is 19.1 Å². The lowest BCUT2D eigenvalue weighted by molar-refractivity contribution is 0.0527. The SMILES string of the molecule is CCOC(=O)c1c(CC)[nH]c2cc3c(cc12)OCO3. The number of aryl methyl sites for hydroxylation is 1. The molecule has 100 valence electrons. The number of carbonyl (C=O) groups excluding carboxylic acids is 1. The van der Waals surface area contributed by atoms with Crippen molar-refractivity contribution in [1.29, 1.82) is 0 Å². The predicted molar refractivity (Wildman–Crippen MR) is 69.8 cm³/mol. The van der Waals surface area contributed by atoms with Crippen molar-refractivity contribution in [2.45, 2.75) is 20.3 Å². The summed E-state index contributed by atoms with van der Waals surface area (Å²) in [4.78, 5) is 15.3. The van der Waals surface area contributed by atoms with E-state index in [1.54, 1.807) is 6.92 Å². The molecule has 1 aromatic heterocycles. The Morgan fingerprint density at radius 3 is 2.74 bits per heavy atom. The molecule has 0 atom stereocenters. The summed E-state index contributed by atoms with van der Waals surface area (Å²) in [5, 5.41) is 0.819. The van der Waals surface area contributed by atoms with Gasteiger partial charge in [0.25, 0.3) is 0 Å². The van der Waals surface area contributed by atoms with E-state index in [0.29, 0.717) is 23.7 Å². The fourth-order valence-electron chi connectivity index (χ4n) is 2.34. The number of hydrogen-bond acceptors (Lipinski definition) is 4. The molecule has 0 bridgehead atoms. The molecule has 2 heterocycles. The molecule has 0 saturated heterocycles. The monoisotopic (exact) mass is 261 g/mol. The van der Waals surface area contributed by atoms with Gasteiger partial charge in [0.1, 0.15) is 0 Å². The maximum absolute atomic E-state index is 12.1. The van der Waals surface area contributed by atoms with Crippen LogP contribution in [-0.2, 0) is 11.2 Å². The normalized spacial score (nSPS) is 12.9. The number of rotatable bonds is 3. The number of esters is 1. The molecule has 0 amide bonds. The number of ether oxygens (including phenoxy) is 3. The van der Waals surface area contributed by atoms with E-state index in [0.717, 1.165) is 23.0 Å². The van der Waals surface area contributed by atoms with Crippen molar-refractivity contribution in [2.75, 3.05) is 13.4 Å². The van der Waals surface area contributed by atoms with Crippen LogP contribution in [0.25, 0.3) is 10.9 Å². The molecule has 1 aliphatic heterocycles. The molecular formula is C14H15NO4. The molecule has 0 unspecified atom stereocenters. The lowest BCUT2D eigenvalue weighted by Gasteiger charge is -2.03. The van der Waals surface area contributed by atoms with E-state index < -0.39 is 0 Å². The van der Waals surface area contributed by atoms with E-state index in [1.165, 1.54) is 0 Å². The zero-order chi connectivity index (χ0) is 13.4. The molecule has 0 saturated carbocycles. The molecule has 5 nitrogen and oxygen atoms in total. The van der Waals surface area contributed by atoms with Crippen molar-refractivity contribution in [3.05, 3.63) is 23.4 Å². The second kappa shape index (κ2) is 4.50. The number of nitrogens with one attached hydrogen (secondary N) is 1. The number of aromatic nitrogens is 1. The Morgan fingerprint density at radius 2 is 2.05 bits per heavy atom. The summed E-state index contributed by atoms with van der Waals surface area (Å²) < 4.78 is 15.8. The average molecular weight is 261 g/mol. The molecule has 1 N–H and O–H groups in total. The van der Waals surface area contributed by atoms with Crippen LogP contribution in [0.3, 0.4) is 0 Å². The zero-order valence-corrected chi connectivity index (χ0v) is 10.9. The van der Waals surface area contributed by atoms with Gasteiger partial charge >= 0.3 is 5.97 Å². The van der Waals surface area contributed by atoms with Gasteiger partial charge in [-0.05, 0) is 19.4 Å². The van der Waals surface area contributed by atoms with Crippen LogP contribution in [0.2, 0.25) is 0 Å². The number of carbonyl (C=O) groups is 1. The van der Waals surface area contributed by atoms with Gasteiger partial charge in [0.05, 0.1) is 17.7 Å². The number of benzene rings is 1. The van der Waals surface area contributed by atoms with Gasteiger partial charge in [-0.1, -0.05) is 6.92 Å². The highest BCUT2D eigenvalue weighted by molar-refractivity contribution is 6.06. The Morgan fingerprint density at radius 1 is 1.32 bits per heavy atom. The van der Waals surface area contributed by atoms with Crippen molar-refractivity contribution in [3.8, 4) is 11.5 Å². The Hall–Kier alpha value is -2.17. The van der Waals surface area contributed by atoms with Crippen LogP contribution in [0.5, 0.6) is 11.5 Å². The quantitative estimate of drug-likeness (QED) is 0.863. The Balaban J connectivity index is 2.20. The van der Waals surface area contributed by atoms with E-state index in [-0.39, 0.29) is 12.8 Å². The second-order valence-electron chi connectivity index (χ2n) is 4.30. The van der Waals surface area contributed by atoms with Gasteiger partial charge in [0, 0.05) is 17.1 Å². The van der Waals surface area contributed by atoms with Gasteiger partial charge in [0.2, 0.25) is 6.79 Å². The van der Waals surface area contributed by atoms with E-state index in [4.69, 9.17) is 14.2 Å². The van der Waals surface area contributed by atoms with Crippen molar-refractivity contribution < 1.29 is 19.0 Å². The van der Waals surface area contributed by atoms with E-state index in [2.05, 4.69) is 4.98 Å². The van der Waals surface area contributed by atoms with Crippen molar-refractivity contribution in [3.63, 3.8) is 0 Å². The highest BCUT2D eigenvalue weighted by Crippen LogP contribution is 2.38. The third-order valence-electron chi connectivity index (χ3n) is 3.20. The first kappa shape index (κ1) is 11.9. The van der Waals surface area contributed by atoms with Crippen molar-refractivity contribution >= 4 is 16.9 Å². The maximum Gasteiger partial charge on any atom is 0.340 e. The Kier molecular flexibility index (Phi) is 2.81. The Bertz CT molecular complexity index is 644. The molecule has 2 aromatic rings. The minimum Gasteiger partial charge on any atom is -0.462 e. The number of hydrogen-bond donors (Lipinski definition) is 1. The van der Waals surface area contributed by atoms with Gasteiger partial charge in [-0.15, -0.1) is 0 Å². The summed E-state index contributed by atoms with van der Waals surface area (Å²) in [5.74, 6) is 1.07. The Labute approximate surface area is 110 Å². The van der Waals surface area contributed by atoms with Gasteiger partial charge in [-0.25, -0.2) is 4.79 Å². The fraction of sp³-hybridized carbons (Fsp3) is 0.357. The first-order valence-corrected chi connectivity index (χ1v) is 6.35. The molecule has 0 spiro atoms. The standard InChI is InChI=1S/C14H15NO4/c1-3-9-13(14(16)17-4-2)8-5-11-12(19-7-18-11)6-10(8)15-9/h5-6,15H,3-4,7H2,1-2H3. The largest absolute Gasteiger partial charge is 0.462 e. The molecule has 1 aromatic carbocycles. The molecule has 1 aliphatic rings. The maximum atomic E-state index is 12.1. The van der Waals surface area contributed by atoms with Crippen molar-refractivity contribution in [2.24, 2.45) is 0 Å². The van der Waals surface area contributed by atoms with Crippen LogP contribution >= 0.6 is 0 Å². The summed E-state index contributed by atoms with van der Waals surface area (Å²) in [6.45, 7) is 4.37. The second-order valence-corrected chi connectivity index (χ2v) is 4.30. The summed E-state index contributed by atoms with van der Waals surface area (Å²) in [6, 6.07) is 3.69. The molecule has 19 heavy (non-hydrogen) atoms. The number of aromatic amines is 1. The van der Waals surface area contributed by atoms with Gasteiger partial charge in [-0.2, -0.15) is 0 Å². The van der Waals surface area contributed by atoms with Crippen LogP contribution in [0.4, 0.5) is 0 Å². The third kappa shape index (κ3) is 1.82. The van der Waals surface area contributed by atoms with Crippen LogP contribution in [0, 0.1) is 0 Å². The fourth-order valence-corrected chi connectivity index (χ4v) is 2.34. The predicted octanol–water partition coefficient (Wildman–Crippen LogP) is 2.64. The molecule has 5 heteroatoms. The van der Waals surface area contributed by atoms with Gasteiger partial charge in [0.15, 0.2) is 11.5 Å². The molecule has 0 fully saturated rings. The lowest BCUT2D eigenvalue weighted by Crippen LogP contribution is -2.06. The highest BCUT2D eigenvalue weighted by Gasteiger charge is 2.22. The number of fused-ring (bicyclic) bond motifs is 2. The first-order valence-electron chi connectivity index (χ1n) is 6.35. The topological polar surface area (TPSA) is 60.6 Å². The summed E-state index contributed by atoms with van der Waals surface area (Å²) in [7, 11) is 0. The first-order chi connectivity index (χ1) is 9.24. The number of H-pyrrole nitrogens is 1. The zero-order valence-electron chi connectivity index (χ0n) is 10.9. The van der Waals surface area contributed by atoms with E-state index in [9.17, 15) is 4.79 Å². The minimum absolute atomic E-state index is 0.220. The molecular weight excluding hydrogens is 246 g/mol. The summed E-state index contributed by atoms with van der Waals surface area (Å²) in [5.41, 5.74) is 2.33. The van der Waals surface area contributed by atoms with Crippen LogP contribution in [-0.4, -0.2) is 24.4 Å². The van der Waals surface area contributed by atoms with Crippen LogP contribution in [0.1, 0.15) is 29.9 Å². The summed E-state index contributed by atoms with van der Waals surface area (Å²) in [6.07, 6.45) is 0.731. The minimum atomic E-state index is -0.301. The van der Waals surface area contributed by atoms with E-state index >= 15 is 0 Å². The van der Waals surface area contributed by atoms with Crippen molar-refractivity contribution in [1.82, 2.24) is 4.98 Å². The summed E-state index contributed by atoms with van der Waals surface area (Å²) >= 11 is 0. The molecule has 0 radical (unpaired) electrons. The van der Waals surface area contributed by atoms with Gasteiger partial charge in [-0.3, -0.25) is 0 Å². The van der Waals surface area contributed by atoms with Crippen LogP contribution < -0.4 is 9.47 Å². The third-order valence-corrected chi connectivity index (χ3v) is 3.20. The van der Waals surface area contributed by atoms with Crippen LogP contribution in [0.15, 0.2) is 12.1 Å². The highest BCUT2D eigenvalue weighted by atomic mass is 16.7. The smallest absolute Gasteiger partial charge is 0.340 e. The lowest BCUT2D eigenvalue weighted by atomic mass is 10.1. The van der Waals surface area contributed by atoms with Gasteiger partial charge < -0.3 is 19.2 Å². The molecule has 3 rings (SSSR count). The average Bonchev–Trinajstić information content (AvgIpc) is 2.98.